The van der Waals surface area contributed by atoms with E-state index in [4.69, 9.17) is 15.0 Å². The standard InChI is InChI=1S/C9H14N2O2S/c10-8(14-12)5-7-9(6-1-2-6)13-4-3-11-7/h5-6,9,12H,1-4,10H2/t9-/m1/s1. The zero-order valence-corrected chi connectivity index (χ0v) is 8.67. The summed E-state index contributed by atoms with van der Waals surface area (Å²) in [7, 11) is 0. The van der Waals surface area contributed by atoms with Crippen LogP contribution in [-0.4, -0.2) is 29.5 Å². The van der Waals surface area contributed by atoms with Crippen molar-refractivity contribution >= 4 is 17.8 Å². The van der Waals surface area contributed by atoms with E-state index in [1.165, 1.54) is 12.8 Å². The molecule has 2 aliphatic rings. The number of nitrogens with zero attached hydrogens (tertiary/aromatic N) is 1. The second-order valence-electron chi connectivity index (χ2n) is 3.57. The van der Waals surface area contributed by atoms with Crippen LogP contribution in [0.25, 0.3) is 0 Å². The van der Waals surface area contributed by atoms with Crippen molar-refractivity contribution in [3.63, 3.8) is 0 Å². The highest BCUT2D eigenvalue weighted by Crippen LogP contribution is 2.36. The topological polar surface area (TPSA) is 67.8 Å². The fourth-order valence-electron chi connectivity index (χ4n) is 1.61. The van der Waals surface area contributed by atoms with Gasteiger partial charge in [-0.3, -0.25) is 4.99 Å². The number of ether oxygens (including phenoxy) is 1. The Bertz CT molecular complexity index is 274. The molecule has 0 aromatic carbocycles. The molecule has 4 nitrogen and oxygen atoms in total. The lowest BCUT2D eigenvalue weighted by Gasteiger charge is -2.21. The minimum absolute atomic E-state index is 0.106. The second kappa shape index (κ2) is 4.33. The first-order valence-electron chi connectivity index (χ1n) is 4.76. The maximum atomic E-state index is 8.73. The average molecular weight is 214 g/mol. The predicted octanol–water partition coefficient (Wildman–Crippen LogP) is 1.24. The van der Waals surface area contributed by atoms with Gasteiger partial charge < -0.3 is 15.0 Å². The van der Waals surface area contributed by atoms with E-state index in [-0.39, 0.29) is 6.10 Å². The number of nitrogens with two attached hydrogens (primary N) is 1. The lowest BCUT2D eigenvalue weighted by Crippen LogP contribution is -2.31. The molecule has 14 heavy (non-hydrogen) atoms. The van der Waals surface area contributed by atoms with Crippen molar-refractivity contribution in [1.82, 2.24) is 0 Å². The molecular weight excluding hydrogens is 200 g/mol. The minimum atomic E-state index is 0.106. The van der Waals surface area contributed by atoms with Crippen molar-refractivity contribution in [3.8, 4) is 0 Å². The maximum Gasteiger partial charge on any atom is 0.102 e. The number of aliphatic imine (C=N–C) groups is 1. The summed E-state index contributed by atoms with van der Waals surface area (Å²) >= 11 is 0.555. The molecule has 0 aromatic rings. The molecule has 1 aliphatic heterocycles. The van der Waals surface area contributed by atoms with E-state index in [0.29, 0.717) is 36.1 Å². The van der Waals surface area contributed by atoms with Crippen LogP contribution < -0.4 is 5.73 Å². The van der Waals surface area contributed by atoms with Crippen LogP contribution in [0, 0.1) is 5.92 Å². The highest BCUT2D eigenvalue weighted by molar-refractivity contribution is 7.97. The summed E-state index contributed by atoms with van der Waals surface area (Å²) in [5.41, 5.74) is 6.41. The SMILES string of the molecule is NC(=CC1=NCCO[C@@H]1C1CC1)SO. The van der Waals surface area contributed by atoms with E-state index in [1.807, 2.05) is 0 Å². The van der Waals surface area contributed by atoms with Crippen LogP contribution in [0.15, 0.2) is 16.1 Å². The normalized spacial score (nSPS) is 28.8. The lowest BCUT2D eigenvalue weighted by atomic mass is 10.1. The fourth-order valence-corrected chi connectivity index (χ4v) is 1.78. The molecule has 78 valence electrons. The summed E-state index contributed by atoms with van der Waals surface area (Å²) in [6, 6.07) is 0. The molecule has 1 saturated carbocycles. The molecule has 0 aromatic heterocycles. The highest BCUT2D eigenvalue weighted by atomic mass is 32.2. The summed E-state index contributed by atoms with van der Waals surface area (Å²) in [4.78, 5) is 4.37. The van der Waals surface area contributed by atoms with E-state index in [1.54, 1.807) is 6.08 Å². The van der Waals surface area contributed by atoms with Crippen LogP contribution in [0.4, 0.5) is 0 Å². The Hall–Kier alpha value is -0.520. The molecule has 2 rings (SSSR count). The zero-order valence-electron chi connectivity index (χ0n) is 7.85. The van der Waals surface area contributed by atoms with Gasteiger partial charge in [0.25, 0.3) is 0 Å². The van der Waals surface area contributed by atoms with Crippen molar-refractivity contribution in [2.75, 3.05) is 13.2 Å². The first kappa shape index (κ1) is 10.0. The molecule has 1 atom stereocenters. The average Bonchev–Trinajstić information content (AvgIpc) is 3.02. The largest absolute Gasteiger partial charge is 0.392 e. The van der Waals surface area contributed by atoms with Gasteiger partial charge in [0.15, 0.2) is 0 Å². The smallest absolute Gasteiger partial charge is 0.102 e. The molecule has 0 bridgehead atoms. The Morgan fingerprint density at radius 2 is 2.43 bits per heavy atom. The van der Waals surface area contributed by atoms with Gasteiger partial charge in [0.1, 0.15) is 6.10 Å². The number of hydrogen-bond acceptors (Lipinski definition) is 5. The first-order chi connectivity index (χ1) is 6.81. The van der Waals surface area contributed by atoms with E-state index in [0.717, 1.165) is 5.71 Å². The molecule has 0 spiro atoms. The highest BCUT2D eigenvalue weighted by Gasteiger charge is 2.35. The summed E-state index contributed by atoms with van der Waals surface area (Å²) in [6.07, 6.45) is 4.25. The molecule has 1 aliphatic carbocycles. The number of rotatable bonds is 3. The molecule has 0 amide bonds. The van der Waals surface area contributed by atoms with Crippen molar-refractivity contribution in [3.05, 3.63) is 11.1 Å². The Balaban J connectivity index is 2.09. The second-order valence-corrected chi connectivity index (χ2v) is 4.23. The Morgan fingerprint density at radius 3 is 3.07 bits per heavy atom. The van der Waals surface area contributed by atoms with Gasteiger partial charge in [-0.2, -0.15) is 0 Å². The summed E-state index contributed by atoms with van der Waals surface area (Å²) in [5, 5.41) is 0.375. The third-order valence-corrected chi connectivity index (χ3v) is 2.75. The first-order valence-corrected chi connectivity index (χ1v) is 5.53. The molecular formula is C9H14N2O2S. The molecule has 5 heteroatoms. The van der Waals surface area contributed by atoms with Crippen LogP contribution in [-0.2, 0) is 4.74 Å². The van der Waals surface area contributed by atoms with E-state index in [2.05, 4.69) is 4.99 Å². The minimum Gasteiger partial charge on any atom is -0.392 e. The van der Waals surface area contributed by atoms with Gasteiger partial charge in [0.05, 0.1) is 23.9 Å². The fraction of sp³-hybridized carbons (Fsp3) is 0.667. The Morgan fingerprint density at radius 1 is 1.64 bits per heavy atom. The molecule has 1 heterocycles. The number of hydrogen-bond donors (Lipinski definition) is 2. The van der Waals surface area contributed by atoms with Crippen LogP contribution in [0.5, 0.6) is 0 Å². The summed E-state index contributed by atoms with van der Waals surface area (Å²) < 4.78 is 14.4. The van der Waals surface area contributed by atoms with Crippen molar-refractivity contribution in [1.29, 1.82) is 0 Å². The third-order valence-electron chi connectivity index (χ3n) is 2.42. The Kier molecular flexibility index (Phi) is 3.10. The van der Waals surface area contributed by atoms with Crippen molar-refractivity contribution in [2.24, 2.45) is 16.6 Å². The molecule has 0 saturated heterocycles. The van der Waals surface area contributed by atoms with Crippen molar-refractivity contribution < 1.29 is 9.29 Å². The predicted molar refractivity (Wildman–Crippen MR) is 57.3 cm³/mol. The molecule has 0 radical (unpaired) electrons. The van der Waals surface area contributed by atoms with Crippen LogP contribution in [0.1, 0.15) is 12.8 Å². The van der Waals surface area contributed by atoms with Crippen LogP contribution in [0.2, 0.25) is 0 Å². The third kappa shape index (κ3) is 2.29. The molecule has 0 unspecified atom stereocenters. The lowest BCUT2D eigenvalue weighted by molar-refractivity contribution is 0.0817. The summed E-state index contributed by atoms with van der Waals surface area (Å²) in [6.45, 7) is 1.39. The van der Waals surface area contributed by atoms with E-state index >= 15 is 0 Å². The van der Waals surface area contributed by atoms with Gasteiger partial charge in [-0.1, -0.05) is 0 Å². The Labute approximate surface area is 87.4 Å². The maximum absolute atomic E-state index is 8.73. The van der Waals surface area contributed by atoms with Crippen LogP contribution >= 0.6 is 12.0 Å². The van der Waals surface area contributed by atoms with E-state index in [9.17, 15) is 0 Å². The van der Waals surface area contributed by atoms with Gasteiger partial charge in [-0.25, -0.2) is 0 Å². The molecule has 3 N–H and O–H groups in total. The van der Waals surface area contributed by atoms with Crippen molar-refractivity contribution in [2.45, 2.75) is 18.9 Å². The van der Waals surface area contributed by atoms with Gasteiger partial charge in [0.2, 0.25) is 0 Å². The van der Waals surface area contributed by atoms with E-state index < -0.39 is 0 Å². The van der Waals surface area contributed by atoms with Gasteiger partial charge >= 0.3 is 0 Å². The van der Waals surface area contributed by atoms with Gasteiger partial charge in [-0.05, 0) is 24.8 Å². The monoisotopic (exact) mass is 214 g/mol. The van der Waals surface area contributed by atoms with Gasteiger partial charge in [0, 0.05) is 12.0 Å². The van der Waals surface area contributed by atoms with Gasteiger partial charge in [-0.15, -0.1) is 0 Å². The quantitative estimate of drug-likeness (QED) is 0.694. The van der Waals surface area contributed by atoms with Crippen LogP contribution in [0.3, 0.4) is 0 Å². The molecule has 1 fully saturated rings. The zero-order chi connectivity index (χ0) is 9.97. The summed E-state index contributed by atoms with van der Waals surface area (Å²) in [5.74, 6) is 0.613.